The molecule has 2 aromatic heterocycles. The minimum atomic E-state index is 0.402. The third kappa shape index (κ3) is 1.53. The van der Waals surface area contributed by atoms with E-state index in [4.69, 9.17) is 11.5 Å². The number of fused-ring (bicyclic) bond motifs is 3. The average Bonchev–Trinajstić information content (AvgIpc) is 2.92. The molecule has 1 unspecified atom stereocenters. The van der Waals surface area contributed by atoms with Crippen LogP contribution in [-0.2, 0) is 0 Å². The lowest BCUT2D eigenvalue weighted by Gasteiger charge is -2.15. The lowest BCUT2D eigenvalue weighted by molar-refractivity contribution is 0.739. The number of rotatable bonds is 2. The maximum absolute atomic E-state index is 6.20. The average molecular weight is 256 g/mol. The highest BCUT2D eigenvalue weighted by molar-refractivity contribution is 6.03. The van der Waals surface area contributed by atoms with E-state index in [2.05, 4.69) is 35.4 Å². The Morgan fingerprint density at radius 2 is 2.05 bits per heavy atom. The van der Waals surface area contributed by atoms with E-state index in [-0.39, 0.29) is 0 Å². The zero-order valence-electron chi connectivity index (χ0n) is 11.0. The van der Waals surface area contributed by atoms with Crippen molar-refractivity contribution in [3.63, 3.8) is 0 Å². The first-order valence-corrected chi connectivity index (χ1v) is 6.32. The van der Waals surface area contributed by atoms with Crippen molar-refractivity contribution in [3.05, 3.63) is 23.8 Å². The van der Waals surface area contributed by atoms with Gasteiger partial charge in [0.25, 0.3) is 0 Å². The van der Waals surface area contributed by atoms with E-state index in [0.717, 1.165) is 17.3 Å². The first-order chi connectivity index (χ1) is 9.15. The SMILES string of the molecule is CCC(C)c1cccc2c1c(N)c(N)c1nnnn12. The molecule has 6 nitrogen and oxygen atoms in total. The molecule has 98 valence electrons. The van der Waals surface area contributed by atoms with Crippen molar-refractivity contribution in [3.8, 4) is 0 Å². The van der Waals surface area contributed by atoms with Gasteiger partial charge in [-0.3, -0.25) is 0 Å². The number of nitrogens with two attached hydrogens (primary N) is 2. The molecule has 0 saturated heterocycles. The predicted octanol–water partition coefficient (Wildman–Crippen LogP) is 1.96. The van der Waals surface area contributed by atoms with Gasteiger partial charge in [-0.2, -0.15) is 4.52 Å². The number of tetrazole rings is 1. The molecule has 0 amide bonds. The molecule has 0 aliphatic rings. The molecule has 3 aromatic rings. The molecule has 1 aromatic carbocycles. The molecule has 6 heteroatoms. The Kier molecular flexibility index (Phi) is 2.51. The van der Waals surface area contributed by atoms with E-state index in [0.29, 0.717) is 22.9 Å². The number of anilines is 2. The van der Waals surface area contributed by atoms with Gasteiger partial charge in [0.15, 0.2) is 0 Å². The molecule has 1 atom stereocenters. The van der Waals surface area contributed by atoms with Gasteiger partial charge < -0.3 is 11.5 Å². The first kappa shape index (κ1) is 11.7. The summed E-state index contributed by atoms with van der Waals surface area (Å²) >= 11 is 0. The van der Waals surface area contributed by atoms with Gasteiger partial charge in [-0.1, -0.05) is 26.0 Å². The van der Waals surface area contributed by atoms with Crippen LogP contribution in [0.15, 0.2) is 18.2 Å². The van der Waals surface area contributed by atoms with Gasteiger partial charge in [0.2, 0.25) is 5.65 Å². The van der Waals surface area contributed by atoms with Crippen molar-refractivity contribution >= 4 is 27.9 Å². The highest BCUT2D eigenvalue weighted by Crippen LogP contribution is 2.35. The van der Waals surface area contributed by atoms with E-state index in [1.165, 1.54) is 5.56 Å². The Balaban J connectivity index is 2.52. The van der Waals surface area contributed by atoms with Crippen LogP contribution in [0.3, 0.4) is 0 Å². The van der Waals surface area contributed by atoms with Crippen LogP contribution in [0.25, 0.3) is 16.6 Å². The second-order valence-electron chi connectivity index (χ2n) is 4.79. The highest BCUT2D eigenvalue weighted by Gasteiger charge is 2.17. The maximum Gasteiger partial charge on any atom is 0.204 e. The van der Waals surface area contributed by atoms with Gasteiger partial charge >= 0.3 is 0 Å². The number of hydrogen-bond donors (Lipinski definition) is 2. The monoisotopic (exact) mass is 256 g/mol. The van der Waals surface area contributed by atoms with Gasteiger partial charge in [0, 0.05) is 5.39 Å². The summed E-state index contributed by atoms with van der Waals surface area (Å²) in [5.74, 6) is 0.402. The van der Waals surface area contributed by atoms with E-state index < -0.39 is 0 Å². The molecule has 0 bridgehead atoms. The first-order valence-electron chi connectivity index (χ1n) is 6.32. The van der Waals surface area contributed by atoms with Crippen molar-refractivity contribution in [1.82, 2.24) is 20.0 Å². The minimum absolute atomic E-state index is 0.402. The van der Waals surface area contributed by atoms with E-state index in [9.17, 15) is 0 Å². The summed E-state index contributed by atoms with van der Waals surface area (Å²) in [7, 11) is 0. The van der Waals surface area contributed by atoms with Crippen molar-refractivity contribution in [1.29, 1.82) is 0 Å². The molecule has 2 heterocycles. The van der Waals surface area contributed by atoms with Gasteiger partial charge in [0.05, 0.1) is 11.2 Å². The summed E-state index contributed by atoms with van der Waals surface area (Å²) in [5, 5.41) is 12.5. The molecule has 0 spiro atoms. The maximum atomic E-state index is 6.20. The van der Waals surface area contributed by atoms with Crippen LogP contribution < -0.4 is 11.5 Å². The minimum Gasteiger partial charge on any atom is -0.396 e. The number of benzene rings is 1. The molecule has 0 aliphatic heterocycles. The molecular weight excluding hydrogens is 240 g/mol. The smallest absolute Gasteiger partial charge is 0.204 e. The van der Waals surface area contributed by atoms with Crippen molar-refractivity contribution < 1.29 is 0 Å². The fourth-order valence-electron chi connectivity index (χ4n) is 2.43. The number of pyridine rings is 1. The number of nitrogen functional groups attached to an aromatic ring is 2. The van der Waals surface area contributed by atoms with Crippen LogP contribution in [0.4, 0.5) is 11.4 Å². The normalized spacial score (nSPS) is 13.2. The molecule has 4 N–H and O–H groups in total. The summed E-state index contributed by atoms with van der Waals surface area (Å²) in [4.78, 5) is 0. The van der Waals surface area contributed by atoms with E-state index >= 15 is 0 Å². The summed E-state index contributed by atoms with van der Waals surface area (Å²) in [6.07, 6.45) is 1.03. The van der Waals surface area contributed by atoms with Crippen LogP contribution in [0.2, 0.25) is 0 Å². The van der Waals surface area contributed by atoms with Gasteiger partial charge in [-0.25, -0.2) is 0 Å². The van der Waals surface area contributed by atoms with Crippen molar-refractivity contribution in [2.45, 2.75) is 26.2 Å². The zero-order chi connectivity index (χ0) is 13.6. The highest BCUT2D eigenvalue weighted by atomic mass is 15.5. The summed E-state index contributed by atoms with van der Waals surface area (Å²) < 4.78 is 1.65. The summed E-state index contributed by atoms with van der Waals surface area (Å²) in [5.41, 5.74) is 15.8. The molecular formula is C13H16N6. The van der Waals surface area contributed by atoms with Gasteiger partial charge in [0.1, 0.15) is 5.69 Å². The Morgan fingerprint density at radius 3 is 2.79 bits per heavy atom. The summed E-state index contributed by atoms with van der Waals surface area (Å²) in [6.45, 7) is 4.33. The van der Waals surface area contributed by atoms with Crippen LogP contribution >= 0.6 is 0 Å². The van der Waals surface area contributed by atoms with E-state index in [1.807, 2.05) is 12.1 Å². The number of nitrogens with zero attached hydrogens (tertiary/aromatic N) is 4. The van der Waals surface area contributed by atoms with Crippen molar-refractivity contribution in [2.75, 3.05) is 11.5 Å². The predicted molar refractivity (Wildman–Crippen MR) is 75.8 cm³/mol. The fraction of sp³-hybridized carbons (Fsp3) is 0.308. The Morgan fingerprint density at radius 1 is 1.26 bits per heavy atom. The van der Waals surface area contributed by atoms with Crippen LogP contribution in [-0.4, -0.2) is 20.0 Å². The van der Waals surface area contributed by atoms with Crippen LogP contribution in [0.1, 0.15) is 31.7 Å². The number of aromatic nitrogens is 4. The lowest BCUT2D eigenvalue weighted by Crippen LogP contribution is -2.05. The second-order valence-corrected chi connectivity index (χ2v) is 4.79. The molecule has 3 rings (SSSR count). The summed E-state index contributed by atoms with van der Waals surface area (Å²) in [6, 6.07) is 6.05. The Hall–Kier alpha value is -2.37. The quantitative estimate of drug-likeness (QED) is 0.730. The van der Waals surface area contributed by atoms with Crippen molar-refractivity contribution in [2.24, 2.45) is 0 Å². The third-order valence-electron chi connectivity index (χ3n) is 3.72. The van der Waals surface area contributed by atoms with Crippen LogP contribution in [0.5, 0.6) is 0 Å². The molecule has 19 heavy (non-hydrogen) atoms. The molecule has 0 radical (unpaired) electrons. The number of hydrogen-bond acceptors (Lipinski definition) is 5. The van der Waals surface area contributed by atoms with Gasteiger partial charge in [-0.05, 0) is 34.4 Å². The fourth-order valence-corrected chi connectivity index (χ4v) is 2.43. The Bertz CT molecular complexity index is 760. The largest absolute Gasteiger partial charge is 0.396 e. The standard InChI is InChI=1S/C13H16N6/c1-3-7(2)8-5-4-6-9-10(8)11(14)12(15)13-16-17-18-19(9)13/h4-7H,3,14-15H2,1-2H3. The zero-order valence-corrected chi connectivity index (χ0v) is 11.0. The lowest BCUT2D eigenvalue weighted by atomic mass is 9.93. The van der Waals surface area contributed by atoms with Crippen LogP contribution in [0, 0.1) is 0 Å². The third-order valence-corrected chi connectivity index (χ3v) is 3.72. The topological polar surface area (TPSA) is 95.1 Å². The van der Waals surface area contributed by atoms with Gasteiger partial charge in [-0.15, -0.1) is 5.10 Å². The molecule has 0 aliphatic carbocycles. The molecule has 0 saturated carbocycles. The Labute approximate surface area is 110 Å². The van der Waals surface area contributed by atoms with E-state index in [1.54, 1.807) is 4.52 Å². The molecule has 0 fully saturated rings. The second kappa shape index (κ2) is 4.08.